The third-order valence-electron chi connectivity index (χ3n) is 13.3. The SMILES string of the molecule is COc1ccc(O[C@@H]2O[C@H](COCc3ccccc3)[C@@H](O[C@@H]3O[C@H](COC(C)=O)[C@@H](OC(C)=O)[C@H](OCc4ccc5ccccc5c4)[C@H]3OC(C)=O)[C@H](OCc3ccccc3)[C@H]2N2C(O)c3ccccc3C2O)cc1. The average molecular weight is 1030 g/mol. The Kier molecular flexibility index (Phi) is 17.5. The van der Waals surface area contributed by atoms with E-state index in [1.807, 2.05) is 103 Å². The maximum atomic E-state index is 13.3. The fraction of sp³-hybridized carbons (Fsp3) is 0.362. The lowest BCUT2D eigenvalue weighted by Crippen LogP contribution is -2.69. The third-order valence-corrected chi connectivity index (χ3v) is 13.3. The van der Waals surface area contributed by atoms with Gasteiger partial charge in [-0.1, -0.05) is 121 Å². The normalized spacial score (nSPS) is 26.5. The van der Waals surface area contributed by atoms with E-state index in [2.05, 4.69) is 0 Å². The van der Waals surface area contributed by atoms with E-state index < -0.39 is 98.3 Å². The first-order chi connectivity index (χ1) is 36.4. The van der Waals surface area contributed by atoms with E-state index in [0.29, 0.717) is 22.6 Å². The Balaban J connectivity index is 1.16. The van der Waals surface area contributed by atoms with Crippen LogP contribution in [0.15, 0.2) is 152 Å². The van der Waals surface area contributed by atoms with Crippen LogP contribution in [-0.4, -0.2) is 115 Å². The predicted octanol–water partition coefficient (Wildman–Crippen LogP) is 7.24. The number of benzene rings is 6. The molecule has 0 radical (unpaired) electrons. The molecule has 9 rings (SSSR count). The van der Waals surface area contributed by atoms with Crippen LogP contribution >= 0.6 is 0 Å². The number of rotatable bonds is 20. The Morgan fingerprint density at radius 2 is 1.07 bits per heavy atom. The second-order valence-electron chi connectivity index (χ2n) is 18.5. The lowest BCUT2D eigenvalue weighted by atomic mass is 9.93. The molecule has 0 amide bonds. The Hall–Kier alpha value is -6.77. The highest BCUT2D eigenvalue weighted by atomic mass is 16.8. The Morgan fingerprint density at radius 1 is 0.520 bits per heavy atom. The molecule has 3 aliphatic rings. The number of carbonyl (C=O) groups is 3. The molecule has 75 heavy (non-hydrogen) atoms. The zero-order valence-electron chi connectivity index (χ0n) is 42.0. The van der Waals surface area contributed by atoms with Crippen molar-refractivity contribution in [3.63, 3.8) is 0 Å². The number of methoxy groups -OCH3 is 1. The van der Waals surface area contributed by atoms with Gasteiger partial charge in [0.25, 0.3) is 0 Å². The third kappa shape index (κ3) is 12.8. The molecule has 17 heteroatoms. The van der Waals surface area contributed by atoms with Crippen LogP contribution < -0.4 is 9.47 Å². The summed E-state index contributed by atoms with van der Waals surface area (Å²) in [6.07, 6.45) is -14.7. The van der Waals surface area contributed by atoms with Gasteiger partial charge in [0.2, 0.25) is 6.29 Å². The van der Waals surface area contributed by atoms with Crippen molar-refractivity contribution in [1.29, 1.82) is 0 Å². The zero-order chi connectivity index (χ0) is 52.4. The van der Waals surface area contributed by atoms with Crippen molar-refractivity contribution >= 4 is 28.7 Å². The first-order valence-electron chi connectivity index (χ1n) is 24.8. The van der Waals surface area contributed by atoms with Gasteiger partial charge in [-0.2, -0.15) is 0 Å². The van der Waals surface area contributed by atoms with Gasteiger partial charge >= 0.3 is 17.9 Å². The van der Waals surface area contributed by atoms with Crippen LogP contribution in [-0.2, 0) is 76.8 Å². The van der Waals surface area contributed by atoms with E-state index in [1.165, 1.54) is 25.7 Å². The monoisotopic (exact) mass is 1030 g/mol. The molecule has 3 aliphatic heterocycles. The quantitative estimate of drug-likeness (QED) is 0.0573. The Bertz CT molecular complexity index is 2810. The number of hydrogen-bond donors (Lipinski definition) is 2. The lowest BCUT2D eigenvalue weighted by molar-refractivity contribution is -0.362. The van der Waals surface area contributed by atoms with Crippen molar-refractivity contribution in [2.24, 2.45) is 0 Å². The summed E-state index contributed by atoms with van der Waals surface area (Å²) in [7, 11) is 1.55. The van der Waals surface area contributed by atoms with Gasteiger partial charge in [-0.15, -0.1) is 0 Å². The maximum Gasteiger partial charge on any atom is 0.303 e. The number of ether oxygens (including phenoxy) is 11. The summed E-state index contributed by atoms with van der Waals surface area (Å²) in [5.74, 6) is -1.17. The number of carbonyl (C=O) groups excluding carboxylic acids is 3. The maximum absolute atomic E-state index is 13.3. The largest absolute Gasteiger partial charge is 0.497 e. The van der Waals surface area contributed by atoms with Gasteiger partial charge in [-0.25, -0.2) is 4.90 Å². The standard InChI is InChI=1S/C58H61NO16/c1-35(60)67-34-48-51(70-36(2)61)53(69-32-40-23-24-41-19-11-12-20-42(41)29-40)54(71-37(3)62)58(74-48)75-50-47(33-66-30-38-15-7-5-8-16-38)73-57(72-44-27-25-43(65-4)26-28-44)49(52(50)68-31-39-17-9-6-10-18-39)59-55(63)45-21-13-14-22-46(45)56(59)64/h5-29,47-58,63-64H,30-34H2,1-4H3/t47-,48-,49-,50-,51-,52-,53+,54-,55?,56?,57-,58+/m1/s1. The van der Waals surface area contributed by atoms with Gasteiger partial charge in [0.05, 0.1) is 33.5 Å². The molecule has 12 atom stereocenters. The van der Waals surface area contributed by atoms with Crippen molar-refractivity contribution in [2.45, 2.75) is 114 Å². The molecule has 3 heterocycles. The molecule has 17 nitrogen and oxygen atoms in total. The number of nitrogens with zero attached hydrogens (tertiary/aromatic N) is 1. The van der Waals surface area contributed by atoms with Crippen LogP contribution in [0.25, 0.3) is 10.8 Å². The molecule has 2 unspecified atom stereocenters. The van der Waals surface area contributed by atoms with E-state index in [1.54, 1.807) is 55.6 Å². The molecule has 2 saturated heterocycles. The molecule has 6 aromatic rings. The van der Waals surface area contributed by atoms with E-state index in [9.17, 15) is 24.6 Å². The minimum atomic E-state index is -1.60. The van der Waals surface area contributed by atoms with Crippen LogP contribution in [0, 0.1) is 0 Å². The Morgan fingerprint density at radius 3 is 1.71 bits per heavy atom. The molecular weight excluding hydrogens is 967 g/mol. The lowest BCUT2D eigenvalue weighted by Gasteiger charge is -2.52. The molecule has 0 aliphatic carbocycles. The van der Waals surface area contributed by atoms with E-state index in [4.69, 9.17) is 52.1 Å². The van der Waals surface area contributed by atoms with Crippen LogP contribution in [0.1, 0.15) is 61.0 Å². The van der Waals surface area contributed by atoms with Crippen molar-refractivity contribution in [3.8, 4) is 11.5 Å². The summed E-state index contributed by atoms with van der Waals surface area (Å²) in [5.41, 5.74) is 3.29. The van der Waals surface area contributed by atoms with Crippen molar-refractivity contribution in [3.05, 3.63) is 179 Å². The van der Waals surface area contributed by atoms with E-state index in [-0.39, 0.29) is 26.4 Å². The summed E-state index contributed by atoms with van der Waals surface area (Å²) in [4.78, 5) is 40.2. The fourth-order valence-electron chi connectivity index (χ4n) is 9.81. The summed E-state index contributed by atoms with van der Waals surface area (Å²) >= 11 is 0. The highest BCUT2D eigenvalue weighted by Crippen LogP contribution is 2.46. The van der Waals surface area contributed by atoms with E-state index in [0.717, 1.165) is 27.5 Å². The minimum absolute atomic E-state index is 0.0122. The second-order valence-corrected chi connectivity index (χ2v) is 18.5. The summed E-state index contributed by atoms with van der Waals surface area (Å²) in [5, 5.41) is 26.6. The molecule has 0 spiro atoms. The number of aliphatic hydroxyl groups excluding tert-OH is 2. The fourth-order valence-corrected chi connectivity index (χ4v) is 9.81. The first-order valence-corrected chi connectivity index (χ1v) is 24.8. The van der Waals surface area contributed by atoms with Crippen LogP contribution in [0.2, 0.25) is 0 Å². The second kappa shape index (κ2) is 24.7. The number of esters is 3. The van der Waals surface area contributed by atoms with Gasteiger partial charge < -0.3 is 62.3 Å². The molecule has 0 aromatic heterocycles. The number of hydrogen-bond acceptors (Lipinski definition) is 17. The summed E-state index contributed by atoms with van der Waals surface area (Å²) in [6.45, 7) is 3.16. The van der Waals surface area contributed by atoms with Crippen molar-refractivity contribution in [2.75, 3.05) is 20.3 Å². The highest BCUT2D eigenvalue weighted by Gasteiger charge is 2.59. The topological polar surface area (TPSA) is 196 Å². The van der Waals surface area contributed by atoms with Crippen molar-refractivity contribution in [1.82, 2.24) is 4.90 Å². The predicted molar refractivity (Wildman–Crippen MR) is 269 cm³/mol. The summed E-state index contributed by atoms with van der Waals surface area (Å²) < 4.78 is 70.9. The van der Waals surface area contributed by atoms with Gasteiger partial charge in [-0.3, -0.25) is 14.4 Å². The van der Waals surface area contributed by atoms with Crippen LogP contribution in [0.4, 0.5) is 0 Å². The highest BCUT2D eigenvalue weighted by molar-refractivity contribution is 5.83. The average Bonchev–Trinajstić information content (AvgIpc) is 3.66. The van der Waals surface area contributed by atoms with Gasteiger partial charge in [0, 0.05) is 31.9 Å². The van der Waals surface area contributed by atoms with Crippen molar-refractivity contribution < 1.29 is 76.7 Å². The Labute approximate surface area is 434 Å². The summed E-state index contributed by atoms with van der Waals surface area (Å²) in [6, 6.07) is 45.2. The zero-order valence-corrected chi connectivity index (χ0v) is 42.0. The van der Waals surface area contributed by atoms with Gasteiger partial charge in [0.15, 0.2) is 18.5 Å². The molecular formula is C58H61NO16. The molecule has 0 saturated carbocycles. The number of aliphatic hydroxyl groups is 2. The van der Waals surface area contributed by atoms with Gasteiger partial charge in [-0.05, 0) is 57.8 Å². The van der Waals surface area contributed by atoms with Crippen LogP contribution in [0.5, 0.6) is 11.5 Å². The van der Waals surface area contributed by atoms with Crippen LogP contribution in [0.3, 0.4) is 0 Å². The molecule has 2 N–H and O–H groups in total. The molecule has 0 bridgehead atoms. The molecule has 6 aromatic carbocycles. The van der Waals surface area contributed by atoms with E-state index >= 15 is 0 Å². The van der Waals surface area contributed by atoms with Gasteiger partial charge in [0.1, 0.15) is 67.1 Å². The minimum Gasteiger partial charge on any atom is -0.497 e. The number of fused-ring (bicyclic) bond motifs is 2. The smallest absolute Gasteiger partial charge is 0.303 e. The molecule has 2 fully saturated rings. The molecule has 394 valence electrons. The first kappa shape index (κ1) is 53.1.